The number of morpholine rings is 1. The normalized spacial score (nSPS) is 21.4. The maximum atomic E-state index is 5.92. The fourth-order valence-electron chi connectivity index (χ4n) is 1.86. The van der Waals surface area contributed by atoms with Crippen molar-refractivity contribution in [3.05, 3.63) is 35.9 Å². The van der Waals surface area contributed by atoms with Crippen molar-refractivity contribution in [2.45, 2.75) is 12.6 Å². The van der Waals surface area contributed by atoms with E-state index >= 15 is 0 Å². The predicted octanol–water partition coefficient (Wildman–Crippen LogP) is 2.55. The van der Waals surface area contributed by atoms with E-state index < -0.39 is 0 Å². The summed E-state index contributed by atoms with van der Waals surface area (Å²) in [4.78, 5) is 2.39. The summed E-state index contributed by atoms with van der Waals surface area (Å²) in [5.74, 6) is 0.646. The number of alkyl halides is 1. The Bertz CT molecular complexity index is 294. The van der Waals surface area contributed by atoms with Crippen LogP contribution in [0.3, 0.4) is 0 Å². The second kappa shape index (κ2) is 7.13. The summed E-state index contributed by atoms with van der Waals surface area (Å²) in [5, 5.41) is 0. The van der Waals surface area contributed by atoms with Crippen LogP contribution < -0.4 is 0 Å². The predicted molar refractivity (Wildman–Crippen MR) is 69.4 cm³/mol. The van der Waals surface area contributed by atoms with Gasteiger partial charge in [-0.2, -0.15) is 0 Å². The molecule has 0 N–H and O–H groups in total. The Hall–Kier alpha value is -0.280. The van der Waals surface area contributed by atoms with Gasteiger partial charge in [0.15, 0.2) is 0 Å². The molecule has 2 rings (SSSR count). The van der Waals surface area contributed by atoms with Crippen molar-refractivity contribution in [2.24, 2.45) is 0 Å². The van der Waals surface area contributed by atoms with Crippen molar-refractivity contribution >= 4 is 24.0 Å². The third kappa shape index (κ3) is 3.63. The first-order valence-corrected chi connectivity index (χ1v) is 5.85. The standard InChI is InChI=1S/C12H16ClNO.ClH/c13-8-12-10-15-7-6-14(12)9-11-4-2-1-3-5-11;/h1-5,12H,6-10H2;1H/t12-;/m1./s1. The van der Waals surface area contributed by atoms with Gasteiger partial charge in [-0.05, 0) is 5.56 Å². The van der Waals surface area contributed by atoms with Gasteiger partial charge in [0, 0.05) is 25.0 Å². The second-order valence-electron chi connectivity index (χ2n) is 3.84. The van der Waals surface area contributed by atoms with Gasteiger partial charge < -0.3 is 4.74 Å². The van der Waals surface area contributed by atoms with E-state index in [0.717, 1.165) is 26.3 Å². The van der Waals surface area contributed by atoms with Gasteiger partial charge in [-0.15, -0.1) is 24.0 Å². The topological polar surface area (TPSA) is 12.5 Å². The molecule has 1 saturated heterocycles. The smallest absolute Gasteiger partial charge is 0.0634 e. The van der Waals surface area contributed by atoms with E-state index in [2.05, 4.69) is 29.2 Å². The highest BCUT2D eigenvalue weighted by Crippen LogP contribution is 2.13. The minimum Gasteiger partial charge on any atom is -0.378 e. The van der Waals surface area contributed by atoms with E-state index in [1.807, 2.05) is 6.07 Å². The highest BCUT2D eigenvalue weighted by atomic mass is 35.5. The highest BCUT2D eigenvalue weighted by Gasteiger charge is 2.21. The minimum atomic E-state index is 0. The van der Waals surface area contributed by atoms with Gasteiger partial charge in [0.1, 0.15) is 0 Å². The SMILES string of the molecule is Cl.ClC[C@@H]1COCCN1Cc1ccccc1. The third-order valence-electron chi connectivity index (χ3n) is 2.76. The van der Waals surface area contributed by atoms with Crippen LogP contribution in [0, 0.1) is 0 Å². The second-order valence-corrected chi connectivity index (χ2v) is 4.15. The number of halogens is 2. The summed E-state index contributed by atoms with van der Waals surface area (Å²) >= 11 is 5.92. The molecule has 1 aliphatic rings. The molecule has 16 heavy (non-hydrogen) atoms. The van der Waals surface area contributed by atoms with Crippen LogP contribution in [0.4, 0.5) is 0 Å². The summed E-state index contributed by atoms with van der Waals surface area (Å²) in [6.45, 7) is 3.53. The molecule has 1 aliphatic heterocycles. The van der Waals surface area contributed by atoms with E-state index in [9.17, 15) is 0 Å². The van der Waals surface area contributed by atoms with Gasteiger partial charge in [0.05, 0.1) is 13.2 Å². The van der Waals surface area contributed by atoms with Crippen molar-refractivity contribution < 1.29 is 4.74 Å². The molecule has 0 aliphatic carbocycles. The van der Waals surface area contributed by atoms with E-state index in [4.69, 9.17) is 16.3 Å². The molecule has 1 atom stereocenters. The lowest BCUT2D eigenvalue weighted by Gasteiger charge is -2.34. The van der Waals surface area contributed by atoms with Gasteiger partial charge in [-0.25, -0.2) is 0 Å². The molecule has 0 unspecified atom stereocenters. The van der Waals surface area contributed by atoms with Crippen molar-refractivity contribution in [1.82, 2.24) is 4.90 Å². The van der Waals surface area contributed by atoms with Crippen LogP contribution >= 0.6 is 24.0 Å². The van der Waals surface area contributed by atoms with Crippen molar-refractivity contribution in [3.63, 3.8) is 0 Å². The Morgan fingerprint density at radius 2 is 2.06 bits per heavy atom. The minimum absolute atomic E-state index is 0. The first-order chi connectivity index (χ1) is 7.40. The fraction of sp³-hybridized carbons (Fsp3) is 0.500. The van der Waals surface area contributed by atoms with Crippen LogP contribution in [0.5, 0.6) is 0 Å². The molecule has 1 aromatic carbocycles. The first kappa shape index (κ1) is 13.8. The summed E-state index contributed by atoms with van der Waals surface area (Å²) in [6.07, 6.45) is 0. The average molecular weight is 262 g/mol. The molecule has 90 valence electrons. The van der Waals surface area contributed by atoms with E-state index in [0.29, 0.717) is 11.9 Å². The lowest BCUT2D eigenvalue weighted by atomic mass is 10.1. The summed E-state index contributed by atoms with van der Waals surface area (Å²) in [5.41, 5.74) is 1.34. The lowest BCUT2D eigenvalue weighted by molar-refractivity contribution is -0.00303. The number of hydrogen-bond donors (Lipinski definition) is 0. The summed E-state index contributed by atoms with van der Waals surface area (Å²) in [6, 6.07) is 10.9. The van der Waals surface area contributed by atoms with Crippen LogP contribution in [0.2, 0.25) is 0 Å². The van der Waals surface area contributed by atoms with Crippen LogP contribution in [0.1, 0.15) is 5.56 Å². The van der Waals surface area contributed by atoms with Gasteiger partial charge >= 0.3 is 0 Å². The number of benzene rings is 1. The molecule has 4 heteroatoms. The molecule has 0 radical (unpaired) electrons. The zero-order valence-electron chi connectivity index (χ0n) is 9.14. The molecular weight excluding hydrogens is 245 g/mol. The molecule has 1 aromatic rings. The molecule has 0 saturated carbocycles. The van der Waals surface area contributed by atoms with Crippen molar-refractivity contribution in [2.75, 3.05) is 25.6 Å². The number of nitrogens with zero attached hydrogens (tertiary/aromatic N) is 1. The maximum Gasteiger partial charge on any atom is 0.0634 e. The summed E-state index contributed by atoms with van der Waals surface area (Å²) in [7, 11) is 0. The van der Waals surface area contributed by atoms with Gasteiger partial charge in [0.25, 0.3) is 0 Å². The maximum absolute atomic E-state index is 5.92. The zero-order valence-corrected chi connectivity index (χ0v) is 10.7. The Kier molecular flexibility index (Phi) is 6.14. The monoisotopic (exact) mass is 261 g/mol. The summed E-state index contributed by atoms with van der Waals surface area (Å²) < 4.78 is 5.41. The van der Waals surface area contributed by atoms with Gasteiger partial charge in [-0.3, -0.25) is 4.90 Å². The van der Waals surface area contributed by atoms with E-state index in [1.54, 1.807) is 0 Å². The molecular formula is C12H17Cl2NO. The highest BCUT2D eigenvalue weighted by molar-refractivity contribution is 6.18. The van der Waals surface area contributed by atoms with E-state index in [1.165, 1.54) is 5.56 Å². The van der Waals surface area contributed by atoms with Crippen LogP contribution in [0.15, 0.2) is 30.3 Å². The molecule has 0 spiro atoms. The van der Waals surface area contributed by atoms with Crippen molar-refractivity contribution in [3.8, 4) is 0 Å². The quantitative estimate of drug-likeness (QED) is 0.776. The molecule has 1 fully saturated rings. The number of ether oxygens (including phenoxy) is 1. The van der Waals surface area contributed by atoms with E-state index in [-0.39, 0.29) is 12.4 Å². The Morgan fingerprint density at radius 3 is 2.75 bits per heavy atom. The number of hydrogen-bond acceptors (Lipinski definition) is 2. The third-order valence-corrected chi connectivity index (χ3v) is 3.11. The Morgan fingerprint density at radius 1 is 1.31 bits per heavy atom. The zero-order chi connectivity index (χ0) is 10.5. The molecule has 0 bridgehead atoms. The largest absolute Gasteiger partial charge is 0.378 e. The Balaban J connectivity index is 0.00000128. The Labute approximate surface area is 108 Å². The average Bonchev–Trinajstić information content (AvgIpc) is 2.31. The van der Waals surface area contributed by atoms with Crippen molar-refractivity contribution in [1.29, 1.82) is 0 Å². The fourth-order valence-corrected chi connectivity index (χ4v) is 2.14. The van der Waals surface area contributed by atoms with Gasteiger partial charge in [-0.1, -0.05) is 30.3 Å². The van der Waals surface area contributed by atoms with Crippen LogP contribution in [-0.4, -0.2) is 36.6 Å². The molecule has 0 amide bonds. The molecule has 1 heterocycles. The molecule has 2 nitrogen and oxygen atoms in total. The first-order valence-electron chi connectivity index (χ1n) is 5.32. The molecule has 0 aromatic heterocycles. The van der Waals surface area contributed by atoms with Crippen LogP contribution in [0.25, 0.3) is 0 Å². The van der Waals surface area contributed by atoms with Crippen LogP contribution in [-0.2, 0) is 11.3 Å². The van der Waals surface area contributed by atoms with Gasteiger partial charge in [0.2, 0.25) is 0 Å². The number of rotatable bonds is 3. The lowest BCUT2D eigenvalue weighted by Crippen LogP contribution is -2.45.